The standard InChI is InChI=1S/C27H27NO5/c1-4-9-28-26(32)17-7-6-16-18(23(17)27(28)33)12-19-21(30)11-14(3)25(31)24(19)22(16)15-5-8-20(29)13(2)10-15/h5-6,8,10-11,17-18,22-23,29H,4,7,9,12H2,1-3H3. The Balaban J connectivity index is 1.68. The number of phenols is 1. The number of amides is 2. The summed E-state index contributed by atoms with van der Waals surface area (Å²) in [6, 6.07) is 5.23. The summed E-state index contributed by atoms with van der Waals surface area (Å²) in [7, 11) is 0. The van der Waals surface area contributed by atoms with Crippen molar-refractivity contribution >= 4 is 23.4 Å². The van der Waals surface area contributed by atoms with Gasteiger partial charge in [0.25, 0.3) is 0 Å². The van der Waals surface area contributed by atoms with Crippen molar-refractivity contribution in [1.29, 1.82) is 0 Å². The van der Waals surface area contributed by atoms with Gasteiger partial charge in [-0.25, -0.2) is 0 Å². The second-order valence-electron chi connectivity index (χ2n) is 9.60. The van der Waals surface area contributed by atoms with Crippen LogP contribution in [-0.2, 0) is 19.2 Å². The Bertz CT molecular complexity index is 1220. The third-order valence-corrected chi connectivity index (χ3v) is 7.66. The van der Waals surface area contributed by atoms with Crippen LogP contribution in [0.2, 0.25) is 0 Å². The first-order chi connectivity index (χ1) is 15.7. The monoisotopic (exact) mass is 445 g/mol. The maximum atomic E-state index is 13.4. The Morgan fingerprint density at radius 1 is 1.06 bits per heavy atom. The summed E-state index contributed by atoms with van der Waals surface area (Å²) in [5, 5.41) is 10.1. The molecule has 0 radical (unpaired) electrons. The van der Waals surface area contributed by atoms with Crippen LogP contribution in [-0.4, -0.2) is 39.9 Å². The molecular formula is C27H27NO5. The molecule has 0 spiro atoms. The number of fused-ring (bicyclic) bond motifs is 3. The molecule has 6 nitrogen and oxygen atoms in total. The van der Waals surface area contributed by atoms with Crippen molar-refractivity contribution in [2.45, 2.75) is 46.0 Å². The number of carbonyl (C=O) groups excluding carboxylic acids is 4. The van der Waals surface area contributed by atoms with Crippen LogP contribution in [0.4, 0.5) is 0 Å². The third kappa shape index (κ3) is 3.07. The number of imide groups is 1. The smallest absolute Gasteiger partial charge is 0.233 e. The van der Waals surface area contributed by atoms with Gasteiger partial charge in [-0.2, -0.15) is 0 Å². The predicted molar refractivity (Wildman–Crippen MR) is 121 cm³/mol. The van der Waals surface area contributed by atoms with Gasteiger partial charge in [-0.1, -0.05) is 30.7 Å². The second kappa shape index (κ2) is 7.65. The summed E-state index contributed by atoms with van der Waals surface area (Å²) in [5.74, 6) is -2.15. The van der Waals surface area contributed by atoms with E-state index in [0.29, 0.717) is 48.1 Å². The van der Waals surface area contributed by atoms with E-state index >= 15 is 0 Å². The summed E-state index contributed by atoms with van der Waals surface area (Å²) in [5.41, 5.74) is 3.77. The van der Waals surface area contributed by atoms with Gasteiger partial charge in [0.2, 0.25) is 11.8 Å². The molecule has 2 amide bonds. The molecule has 6 heteroatoms. The van der Waals surface area contributed by atoms with Crippen molar-refractivity contribution in [1.82, 2.24) is 4.90 Å². The van der Waals surface area contributed by atoms with E-state index in [1.807, 2.05) is 19.1 Å². The molecule has 1 aromatic carbocycles. The van der Waals surface area contributed by atoms with E-state index in [9.17, 15) is 24.3 Å². The number of ketones is 2. The van der Waals surface area contributed by atoms with Crippen LogP contribution >= 0.6 is 0 Å². The molecule has 5 rings (SSSR count). The van der Waals surface area contributed by atoms with Gasteiger partial charge in [0.15, 0.2) is 11.6 Å². The Morgan fingerprint density at radius 3 is 2.52 bits per heavy atom. The maximum Gasteiger partial charge on any atom is 0.233 e. The van der Waals surface area contributed by atoms with Gasteiger partial charge < -0.3 is 5.11 Å². The molecule has 4 unspecified atom stereocenters. The average molecular weight is 446 g/mol. The molecule has 1 saturated heterocycles. The number of rotatable bonds is 3. The van der Waals surface area contributed by atoms with Crippen LogP contribution in [0.1, 0.15) is 50.2 Å². The largest absolute Gasteiger partial charge is 0.508 e. The molecule has 1 N–H and O–H groups in total. The third-order valence-electron chi connectivity index (χ3n) is 7.66. The fourth-order valence-electron chi connectivity index (χ4n) is 6.11. The topological polar surface area (TPSA) is 91.8 Å². The number of hydrogen-bond donors (Lipinski definition) is 1. The molecule has 1 heterocycles. The molecule has 4 aliphatic rings. The molecule has 4 atom stereocenters. The number of phenolic OH excluding ortho intramolecular Hbond substituents is 1. The first-order valence-electron chi connectivity index (χ1n) is 11.6. The minimum atomic E-state index is -0.506. The molecule has 1 fully saturated rings. The van der Waals surface area contributed by atoms with Crippen molar-refractivity contribution < 1.29 is 24.3 Å². The van der Waals surface area contributed by atoms with Gasteiger partial charge in [-0.05, 0) is 62.3 Å². The fourth-order valence-corrected chi connectivity index (χ4v) is 6.11. The number of aromatic hydroxyl groups is 1. The molecule has 170 valence electrons. The number of nitrogens with zero attached hydrogens (tertiary/aromatic N) is 1. The van der Waals surface area contributed by atoms with Crippen molar-refractivity contribution in [3.63, 3.8) is 0 Å². The van der Waals surface area contributed by atoms with Gasteiger partial charge in [-0.3, -0.25) is 24.1 Å². The zero-order valence-electron chi connectivity index (χ0n) is 19.1. The van der Waals surface area contributed by atoms with Crippen LogP contribution in [0.3, 0.4) is 0 Å². The summed E-state index contributed by atoms with van der Waals surface area (Å²) >= 11 is 0. The molecule has 1 aromatic rings. The minimum Gasteiger partial charge on any atom is -0.508 e. The van der Waals surface area contributed by atoms with Gasteiger partial charge in [0, 0.05) is 29.2 Å². The Kier molecular flexibility index (Phi) is 5.00. The van der Waals surface area contributed by atoms with Crippen LogP contribution in [0.15, 0.2) is 52.6 Å². The number of benzene rings is 1. The van der Waals surface area contributed by atoms with Gasteiger partial charge in [0.1, 0.15) is 5.75 Å². The van der Waals surface area contributed by atoms with Gasteiger partial charge >= 0.3 is 0 Å². The van der Waals surface area contributed by atoms with Crippen molar-refractivity contribution in [2.24, 2.45) is 17.8 Å². The number of Topliss-reactive ketones (excluding diaryl/α,β-unsaturated/α-hetero) is 1. The van der Waals surface area contributed by atoms with E-state index in [0.717, 1.165) is 11.1 Å². The highest BCUT2D eigenvalue weighted by atomic mass is 16.3. The van der Waals surface area contributed by atoms with Crippen molar-refractivity contribution in [3.8, 4) is 5.75 Å². The van der Waals surface area contributed by atoms with E-state index < -0.39 is 17.8 Å². The average Bonchev–Trinajstić information content (AvgIpc) is 3.03. The summed E-state index contributed by atoms with van der Waals surface area (Å²) in [6.07, 6.45) is 4.86. The molecule has 1 aliphatic heterocycles. The normalized spacial score (nSPS) is 29.0. The summed E-state index contributed by atoms with van der Waals surface area (Å²) in [4.78, 5) is 54.1. The Hall–Kier alpha value is -3.28. The van der Waals surface area contributed by atoms with Crippen LogP contribution in [0.25, 0.3) is 0 Å². The first-order valence-corrected chi connectivity index (χ1v) is 11.6. The first kappa shape index (κ1) is 21.6. The minimum absolute atomic E-state index is 0.124. The maximum absolute atomic E-state index is 13.4. The number of hydrogen-bond acceptors (Lipinski definition) is 5. The van der Waals surface area contributed by atoms with Crippen molar-refractivity contribution in [2.75, 3.05) is 6.54 Å². The van der Waals surface area contributed by atoms with Gasteiger partial charge in [-0.15, -0.1) is 0 Å². The van der Waals surface area contributed by atoms with E-state index in [1.165, 1.54) is 11.0 Å². The number of carbonyl (C=O) groups is 4. The molecule has 0 bridgehead atoms. The van der Waals surface area contributed by atoms with E-state index in [1.54, 1.807) is 26.0 Å². The molecule has 0 aromatic heterocycles. The fraction of sp³-hybridized carbons (Fsp3) is 0.407. The van der Waals surface area contributed by atoms with E-state index in [-0.39, 0.29) is 35.0 Å². The quantitative estimate of drug-likeness (QED) is 0.437. The highest BCUT2D eigenvalue weighted by Crippen LogP contribution is 2.55. The Morgan fingerprint density at radius 2 is 1.82 bits per heavy atom. The number of allylic oxidation sites excluding steroid dienone is 6. The van der Waals surface area contributed by atoms with Gasteiger partial charge in [0.05, 0.1) is 11.8 Å². The summed E-state index contributed by atoms with van der Waals surface area (Å²) < 4.78 is 0. The lowest BCUT2D eigenvalue weighted by atomic mass is 9.59. The predicted octanol–water partition coefficient (Wildman–Crippen LogP) is 3.54. The van der Waals surface area contributed by atoms with E-state index in [4.69, 9.17) is 0 Å². The SMILES string of the molecule is CCCN1C(=O)C2CC=C3C(c4ccc(O)c(C)c4)C4=C(CC3C2C1=O)C(=O)C=C(C)C4=O. The van der Waals surface area contributed by atoms with Crippen LogP contribution in [0.5, 0.6) is 5.75 Å². The lowest BCUT2D eigenvalue weighted by Gasteiger charge is -2.42. The number of likely N-dealkylation sites (tertiary alicyclic amines) is 1. The van der Waals surface area contributed by atoms with Crippen LogP contribution in [0, 0.1) is 24.7 Å². The zero-order valence-corrected chi connectivity index (χ0v) is 19.1. The highest BCUT2D eigenvalue weighted by Gasteiger charge is 2.56. The molecule has 33 heavy (non-hydrogen) atoms. The van der Waals surface area contributed by atoms with Crippen LogP contribution < -0.4 is 0 Å². The lowest BCUT2D eigenvalue weighted by molar-refractivity contribution is -0.140. The highest BCUT2D eigenvalue weighted by molar-refractivity contribution is 6.23. The zero-order chi connectivity index (χ0) is 23.6. The second-order valence-corrected chi connectivity index (χ2v) is 9.60. The molecular weight excluding hydrogens is 418 g/mol. The molecule has 0 saturated carbocycles. The molecule has 3 aliphatic carbocycles. The van der Waals surface area contributed by atoms with E-state index in [2.05, 4.69) is 0 Å². The Labute approximate surface area is 192 Å². The summed E-state index contributed by atoms with van der Waals surface area (Å²) in [6.45, 7) is 5.79. The van der Waals surface area contributed by atoms with Crippen molar-refractivity contribution in [3.05, 3.63) is 63.8 Å². The number of aryl methyl sites for hydroxylation is 1. The lowest BCUT2D eigenvalue weighted by Crippen LogP contribution is -2.39.